The molecule has 0 atom stereocenters. The standard InChI is InChI=1S/C34H34F3N7O3/c1-22-6-9-28(39-31(45)24-4-3-5-26(18-24)34(35,36)37)19-29(22)44-21-25-20-38-32(41-30(25)42(2)33(44)46)40-27-10-7-23(8-11-27)12-13-43-14-16-47-17-15-43/h3-11,18-20H,12-17,21H2,1-2H3,(H,39,45)(H,38,40,41). The van der Waals surface area contributed by atoms with Gasteiger partial charge in [0.15, 0.2) is 0 Å². The van der Waals surface area contributed by atoms with Gasteiger partial charge in [-0.1, -0.05) is 24.3 Å². The van der Waals surface area contributed by atoms with Crippen LogP contribution in [0.5, 0.6) is 0 Å². The molecule has 4 aromatic rings. The van der Waals surface area contributed by atoms with Crippen molar-refractivity contribution < 1.29 is 27.5 Å². The topological polar surface area (TPSA) is 103 Å². The van der Waals surface area contributed by atoms with Gasteiger partial charge in [-0.2, -0.15) is 18.2 Å². The quantitative estimate of drug-likeness (QED) is 0.234. The first-order chi connectivity index (χ1) is 22.5. The molecule has 3 amide bonds. The molecule has 1 fully saturated rings. The second-order valence-corrected chi connectivity index (χ2v) is 11.5. The summed E-state index contributed by atoms with van der Waals surface area (Å²) < 4.78 is 44.9. The van der Waals surface area contributed by atoms with Gasteiger partial charge < -0.3 is 15.4 Å². The Labute approximate surface area is 270 Å². The number of halogens is 3. The largest absolute Gasteiger partial charge is 0.416 e. The van der Waals surface area contributed by atoms with Gasteiger partial charge in [-0.25, -0.2) is 9.78 Å². The van der Waals surface area contributed by atoms with Crippen LogP contribution in [0.1, 0.15) is 32.6 Å². The minimum absolute atomic E-state index is 0.133. The number of fused-ring (bicyclic) bond motifs is 1. The Morgan fingerprint density at radius 3 is 2.49 bits per heavy atom. The van der Waals surface area contributed by atoms with Gasteiger partial charge in [-0.15, -0.1) is 0 Å². The summed E-state index contributed by atoms with van der Waals surface area (Å²) in [5.74, 6) is 0.125. The fourth-order valence-electron chi connectivity index (χ4n) is 5.57. The summed E-state index contributed by atoms with van der Waals surface area (Å²) in [6, 6.07) is 17.0. The van der Waals surface area contributed by atoms with Crippen LogP contribution in [0.2, 0.25) is 0 Å². The summed E-state index contributed by atoms with van der Waals surface area (Å²) in [7, 11) is 1.63. The molecule has 0 spiro atoms. The highest BCUT2D eigenvalue weighted by Crippen LogP contribution is 2.34. The van der Waals surface area contributed by atoms with Gasteiger partial charge >= 0.3 is 12.2 Å². The van der Waals surface area contributed by atoms with Gasteiger partial charge in [-0.05, 0) is 66.9 Å². The molecule has 0 saturated carbocycles. The number of alkyl halides is 3. The van der Waals surface area contributed by atoms with E-state index >= 15 is 0 Å². The van der Waals surface area contributed by atoms with Crippen molar-refractivity contribution in [3.8, 4) is 0 Å². The molecule has 0 aliphatic carbocycles. The first-order valence-corrected chi connectivity index (χ1v) is 15.2. The molecule has 1 aromatic heterocycles. The Hall–Kier alpha value is -5.01. The average Bonchev–Trinajstić information content (AvgIpc) is 3.07. The molecule has 0 unspecified atom stereocenters. The van der Waals surface area contributed by atoms with Gasteiger partial charge in [0.05, 0.1) is 31.0 Å². The minimum atomic E-state index is -4.57. The molecule has 2 N–H and O–H groups in total. The van der Waals surface area contributed by atoms with E-state index in [-0.39, 0.29) is 18.1 Å². The first kappa shape index (κ1) is 32.0. The normalized spacial score (nSPS) is 15.4. The average molecular weight is 646 g/mol. The third-order valence-electron chi connectivity index (χ3n) is 8.25. The summed E-state index contributed by atoms with van der Waals surface area (Å²) in [6.45, 7) is 6.48. The number of nitrogens with zero attached hydrogens (tertiary/aromatic N) is 5. The molecule has 13 heteroatoms. The van der Waals surface area contributed by atoms with E-state index in [0.717, 1.165) is 62.7 Å². The van der Waals surface area contributed by atoms with Gasteiger partial charge in [0, 0.05) is 55.4 Å². The highest BCUT2D eigenvalue weighted by atomic mass is 19.4. The summed E-state index contributed by atoms with van der Waals surface area (Å²) >= 11 is 0. The predicted octanol–water partition coefficient (Wildman–Crippen LogP) is 6.25. The number of morpholine rings is 1. The van der Waals surface area contributed by atoms with E-state index in [2.05, 4.69) is 37.6 Å². The van der Waals surface area contributed by atoms with E-state index < -0.39 is 17.6 Å². The monoisotopic (exact) mass is 645 g/mol. The molecule has 1 saturated heterocycles. The SMILES string of the molecule is Cc1ccc(NC(=O)c2cccc(C(F)(F)F)c2)cc1N1Cc2cnc(Nc3ccc(CCN4CCOCC4)cc3)nc2N(C)C1=O. The number of carbonyl (C=O) groups excluding carboxylic acids is 2. The number of carbonyl (C=O) groups is 2. The van der Waals surface area contributed by atoms with E-state index in [1.54, 1.807) is 36.3 Å². The number of ether oxygens (including phenoxy) is 1. The smallest absolute Gasteiger partial charge is 0.379 e. The molecule has 10 nitrogen and oxygen atoms in total. The summed E-state index contributed by atoms with van der Waals surface area (Å²) in [5.41, 5.74) is 3.35. The lowest BCUT2D eigenvalue weighted by atomic mass is 10.1. The fraction of sp³-hybridized carbons (Fsp3) is 0.294. The molecule has 0 radical (unpaired) electrons. The minimum Gasteiger partial charge on any atom is -0.379 e. The van der Waals surface area contributed by atoms with Crippen molar-refractivity contribution in [3.63, 3.8) is 0 Å². The summed E-state index contributed by atoms with van der Waals surface area (Å²) in [4.78, 5) is 40.9. The van der Waals surface area contributed by atoms with Crippen molar-refractivity contribution in [2.75, 3.05) is 60.3 Å². The Morgan fingerprint density at radius 1 is 1.00 bits per heavy atom. The Balaban J connectivity index is 1.13. The van der Waals surface area contributed by atoms with Crippen molar-refractivity contribution in [2.24, 2.45) is 0 Å². The molecular formula is C34H34F3N7O3. The van der Waals surface area contributed by atoms with Crippen LogP contribution in [0.3, 0.4) is 0 Å². The van der Waals surface area contributed by atoms with Crippen molar-refractivity contribution in [1.82, 2.24) is 14.9 Å². The number of aryl methyl sites for hydroxylation is 1. The van der Waals surface area contributed by atoms with Gasteiger partial charge in [0.25, 0.3) is 5.91 Å². The second kappa shape index (κ2) is 13.4. The number of benzene rings is 3. The number of urea groups is 1. The molecule has 2 aliphatic heterocycles. The number of anilines is 5. The number of rotatable bonds is 8. The summed E-state index contributed by atoms with van der Waals surface area (Å²) in [6.07, 6.45) is -1.95. The van der Waals surface area contributed by atoms with Gasteiger partial charge in [0.2, 0.25) is 5.95 Å². The van der Waals surface area contributed by atoms with Crippen molar-refractivity contribution in [2.45, 2.75) is 26.1 Å². The predicted molar refractivity (Wildman–Crippen MR) is 173 cm³/mol. The van der Waals surface area contributed by atoms with Crippen molar-refractivity contribution in [3.05, 3.63) is 101 Å². The highest BCUT2D eigenvalue weighted by Gasteiger charge is 2.32. The highest BCUT2D eigenvalue weighted by molar-refractivity contribution is 6.07. The number of hydrogen-bond acceptors (Lipinski definition) is 7. The van der Waals surface area contributed by atoms with E-state index in [4.69, 9.17) is 4.74 Å². The van der Waals surface area contributed by atoms with Crippen LogP contribution < -0.4 is 20.4 Å². The Bertz CT molecular complexity index is 1780. The van der Waals surface area contributed by atoms with Crippen LogP contribution in [0.15, 0.2) is 72.9 Å². The van der Waals surface area contributed by atoms with Crippen LogP contribution in [-0.2, 0) is 23.9 Å². The van der Waals surface area contributed by atoms with Crippen LogP contribution in [0.25, 0.3) is 0 Å². The second-order valence-electron chi connectivity index (χ2n) is 11.5. The van der Waals surface area contributed by atoms with Crippen molar-refractivity contribution in [1.29, 1.82) is 0 Å². The van der Waals surface area contributed by atoms with E-state index in [1.165, 1.54) is 22.6 Å². The Kier molecular flexibility index (Phi) is 9.10. The third kappa shape index (κ3) is 7.36. The first-order valence-electron chi connectivity index (χ1n) is 15.2. The number of aromatic nitrogens is 2. The third-order valence-corrected chi connectivity index (χ3v) is 8.25. The summed E-state index contributed by atoms with van der Waals surface area (Å²) in [5, 5.41) is 5.87. The molecule has 2 aliphatic rings. The molecule has 3 aromatic carbocycles. The van der Waals surface area contributed by atoms with E-state index in [0.29, 0.717) is 28.7 Å². The molecule has 6 rings (SSSR count). The van der Waals surface area contributed by atoms with Gasteiger partial charge in [0.1, 0.15) is 5.82 Å². The Morgan fingerprint density at radius 2 is 1.74 bits per heavy atom. The molecular weight excluding hydrogens is 611 g/mol. The fourth-order valence-corrected chi connectivity index (χ4v) is 5.57. The van der Waals surface area contributed by atoms with Crippen molar-refractivity contribution >= 4 is 40.8 Å². The van der Waals surface area contributed by atoms with Crippen LogP contribution in [0.4, 0.5) is 46.8 Å². The maximum atomic E-state index is 13.6. The lowest BCUT2D eigenvalue weighted by Crippen LogP contribution is -2.46. The zero-order valence-corrected chi connectivity index (χ0v) is 26.0. The maximum absolute atomic E-state index is 13.6. The molecule has 47 heavy (non-hydrogen) atoms. The van der Waals surface area contributed by atoms with Crippen LogP contribution in [-0.4, -0.2) is 66.7 Å². The lowest BCUT2D eigenvalue weighted by molar-refractivity contribution is -0.137. The van der Waals surface area contributed by atoms with Gasteiger partial charge in [-0.3, -0.25) is 19.5 Å². The zero-order chi connectivity index (χ0) is 33.1. The number of hydrogen-bond donors (Lipinski definition) is 2. The number of amides is 3. The van der Waals surface area contributed by atoms with Crippen LogP contribution >= 0.6 is 0 Å². The zero-order valence-electron chi connectivity index (χ0n) is 26.0. The maximum Gasteiger partial charge on any atom is 0.416 e. The van der Waals surface area contributed by atoms with E-state index in [9.17, 15) is 22.8 Å². The van der Waals surface area contributed by atoms with E-state index in [1.807, 2.05) is 19.1 Å². The molecule has 3 heterocycles. The van der Waals surface area contributed by atoms with Crippen LogP contribution in [0, 0.1) is 6.92 Å². The lowest BCUT2D eigenvalue weighted by Gasteiger charge is -2.35. The molecule has 244 valence electrons. The number of nitrogens with one attached hydrogen (secondary N) is 2. The molecule has 0 bridgehead atoms.